The Morgan fingerprint density at radius 1 is 0.800 bits per heavy atom. The van der Waals surface area contributed by atoms with E-state index in [0.717, 1.165) is 51.0 Å². The van der Waals surface area contributed by atoms with E-state index in [4.69, 9.17) is 0 Å². The smallest absolute Gasteiger partial charge is 0.176 e. The summed E-state index contributed by atoms with van der Waals surface area (Å²) in [5.41, 5.74) is 8.29. The topological polar surface area (TPSA) is 39.1 Å². The highest BCUT2D eigenvalue weighted by Crippen LogP contribution is 2.44. The number of aryl methyl sites for hydroxylation is 3. The molecule has 4 aromatic rings. The molecule has 4 heteroatoms. The van der Waals surface area contributed by atoms with Crippen LogP contribution in [0.4, 0.5) is 0 Å². The molecule has 0 aliphatic heterocycles. The third kappa shape index (κ3) is 3.25. The lowest BCUT2D eigenvalue weighted by molar-refractivity contribution is 0.602. The molecule has 1 aromatic heterocycles. The quantitative estimate of drug-likeness (QED) is 0.389. The molecule has 0 N–H and O–H groups in total. The molecule has 30 heavy (non-hydrogen) atoms. The largest absolute Gasteiger partial charge is 0.345 e. The number of hydrogen-bond donors (Lipinski definition) is 0. The minimum atomic E-state index is -3.43. The number of para-hydroxylation sites is 1. The van der Waals surface area contributed by atoms with Crippen LogP contribution in [0.25, 0.3) is 33.2 Å². The van der Waals surface area contributed by atoms with Gasteiger partial charge < -0.3 is 4.57 Å². The first-order chi connectivity index (χ1) is 14.2. The Labute approximate surface area is 178 Å². The second-order valence-corrected chi connectivity index (χ2v) is 9.97. The van der Waals surface area contributed by atoms with Crippen LogP contribution in [0.2, 0.25) is 0 Å². The SMILES string of the molecule is CCn1c(C)c(-c2c(S(C)(=O)=O)ccc(C)c2-c2ccc(C)cc2)c2ccccc21. The highest BCUT2D eigenvalue weighted by atomic mass is 32.2. The van der Waals surface area contributed by atoms with Crippen molar-refractivity contribution < 1.29 is 8.42 Å². The molecule has 0 unspecified atom stereocenters. The van der Waals surface area contributed by atoms with Gasteiger partial charge in [0.05, 0.1) is 4.90 Å². The van der Waals surface area contributed by atoms with Crippen LogP contribution in [-0.2, 0) is 16.4 Å². The van der Waals surface area contributed by atoms with Gasteiger partial charge in [0.15, 0.2) is 9.84 Å². The molecule has 0 bridgehead atoms. The molecule has 0 saturated carbocycles. The Morgan fingerprint density at radius 3 is 2.10 bits per heavy atom. The van der Waals surface area contributed by atoms with Crippen molar-refractivity contribution in [2.75, 3.05) is 6.26 Å². The van der Waals surface area contributed by atoms with E-state index in [1.807, 2.05) is 18.2 Å². The maximum Gasteiger partial charge on any atom is 0.176 e. The lowest BCUT2D eigenvalue weighted by Crippen LogP contribution is -2.04. The van der Waals surface area contributed by atoms with Crippen LogP contribution < -0.4 is 0 Å². The van der Waals surface area contributed by atoms with Gasteiger partial charge in [-0.2, -0.15) is 0 Å². The van der Waals surface area contributed by atoms with Crippen molar-refractivity contribution in [2.24, 2.45) is 0 Å². The summed E-state index contributed by atoms with van der Waals surface area (Å²) >= 11 is 0. The van der Waals surface area contributed by atoms with Gasteiger partial charge in [-0.15, -0.1) is 0 Å². The van der Waals surface area contributed by atoms with Gasteiger partial charge in [0.25, 0.3) is 0 Å². The lowest BCUT2D eigenvalue weighted by atomic mass is 9.89. The van der Waals surface area contributed by atoms with Crippen molar-refractivity contribution in [2.45, 2.75) is 39.1 Å². The number of aromatic nitrogens is 1. The highest BCUT2D eigenvalue weighted by Gasteiger charge is 2.25. The molecule has 0 atom stereocenters. The van der Waals surface area contributed by atoms with Gasteiger partial charge in [0.1, 0.15) is 0 Å². The summed E-state index contributed by atoms with van der Waals surface area (Å²) in [5.74, 6) is 0. The number of sulfone groups is 1. The van der Waals surface area contributed by atoms with E-state index in [9.17, 15) is 8.42 Å². The Hall–Kier alpha value is -2.85. The van der Waals surface area contributed by atoms with Crippen LogP contribution in [-0.4, -0.2) is 19.2 Å². The van der Waals surface area contributed by atoms with Gasteiger partial charge >= 0.3 is 0 Å². The number of fused-ring (bicyclic) bond motifs is 1. The molecular formula is C26H27NO2S. The fourth-order valence-electron chi connectivity index (χ4n) is 4.49. The predicted octanol–water partition coefficient (Wildman–Crippen LogP) is 6.32. The molecule has 4 rings (SSSR count). The van der Waals surface area contributed by atoms with Gasteiger partial charge in [-0.1, -0.05) is 54.1 Å². The predicted molar refractivity (Wildman–Crippen MR) is 126 cm³/mol. The monoisotopic (exact) mass is 417 g/mol. The van der Waals surface area contributed by atoms with Crippen molar-refractivity contribution in [3.05, 3.63) is 77.5 Å². The summed E-state index contributed by atoms with van der Waals surface area (Å²) < 4.78 is 28.0. The fraction of sp³-hybridized carbons (Fsp3) is 0.231. The van der Waals surface area contributed by atoms with Crippen LogP contribution in [0.3, 0.4) is 0 Å². The van der Waals surface area contributed by atoms with Crippen molar-refractivity contribution in [1.29, 1.82) is 0 Å². The maximum absolute atomic E-state index is 12.9. The van der Waals surface area contributed by atoms with E-state index in [1.54, 1.807) is 6.07 Å². The molecule has 0 spiro atoms. The van der Waals surface area contributed by atoms with Crippen LogP contribution in [0, 0.1) is 20.8 Å². The molecule has 3 nitrogen and oxygen atoms in total. The van der Waals surface area contributed by atoms with Gasteiger partial charge in [-0.05, 0) is 56.5 Å². The van der Waals surface area contributed by atoms with Gasteiger partial charge in [0, 0.05) is 40.5 Å². The Balaban J connectivity index is 2.23. The summed E-state index contributed by atoms with van der Waals surface area (Å²) in [6.45, 7) is 9.15. The van der Waals surface area contributed by atoms with E-state index in [1.165, 1.54) is 11.8 Å². The Morgan fingerprint density at radius 2 is 1.47 bits per heavy atom. The summed E-state index contributed by atoms with van der Waals surface area (Å²) in [4.78, 5) is 0.380. The van der Waals surface area contributed by atoms with Crippen LogP contribution in [0.1, 0.15) is 23.7 Å². The summed E-state index contributed by atoms with van der Waals surface area (Å²) in [6, 6.07) is 20.3. The third-order valence-corrected chi connectivity index (χ3v) is 7.05. The molecule has 0 saturated heterocycles. The normalized spacial score (nSPS) is 11.9. The molecule has 0 fully saturated rings. The molecule has 0 aliphatic rings. The molecule has 0 aliphatic carbocycles. The Bertz CT molecular complexity index is 1360. The maximum atomic E-state index is 12.9. The van der Waals surface area contributed by atoms with Crippen LogP contribution >= 0.6 is 0 Å². The van der Waals surface area contributed by atoms with Crippen molar-refractivity contribution in [3.63, 3.8) is 0 Å². The number of benzene rings is 3. The fourth-order valence-corrected chi connectivity index (χ4v) is 5.38. The average Bonchev–Trinajstić information content (AvgIpc) is 2.98. The zero-order valence-electron chi connectivity index (χ0n) is 18.2. The number of hydrogen-bond acceptors (Lipinski definition) is 2. The zero-order valence-corrected chi connectivity index (χ0v) is 19.0. The summed E-state index contributed by atoms with van der Waals surface area (Å²) in [6.07, 6.45) is 1.30. The second-order valence-electron chi connectivity index (χ2n) is 7.99. The van der Waals surface area contributed by atoms with E-state index in [2.05, 4.69) is 68.7 Å². The van der Waals surface area contributed by atoms with E-state index >= 15 is 0 Å². The minimum Gasteiger partial charge on any atom is -0.345 e. The first kappa shape index (κ1) is 20.4. The van der Waals surface area contributed by atoms with Crippen molar-refractivity contribution in [3.8, 4) is 22.3 Å². The lowest BCUT2D eigenvalue weighted by Gasteiger charge is -2.18. The van der Waals surface area contributed by atoms with E-state index in [0.29, 0.717) is 4.90 Å². The molecular weight excluding hydrogens is 390 g/mol. The second kappa shape index (κ2) is 7.44. The summed E-state index contributed by atoms with van der Waals surface area (Å²) in [5, 5.41) is 1.08. The Kier molecular flexibility index (Phi) is 5.07. The summed E-state index contributed by atoms with van der Waals surface area (Å²) in [7, 11) is -3.43. The number of nitrogens with zero attached hydrogens (tertiary/aromatic N) is 1. The number of rotatable bonds is 4. The van der Waals surface area contributed by atoms with Crippen molar-refractivity contribution >= 4 is 20.7 Å². The van der Waals surface area contributed by atoms with Gasteiger partial charge in [-0.25, -0.2) is 8.42 Å². The molecule has 1 heterocycles. The van der Waals surface area contributed by atoms with E-state index < -0.39 is 9.84 Å². The molecule has 0 radical (unpaired) electrons. The van der Waals surface area contributed by atoms with Gasteiger partial charge in [-0.3, -0.25) is 0 Å². The first-order valence-corrected chi connectivity index (χ1v) is 12.1. The first-order valence-electron chi connectivity index (χ1n) is 10.2. The van der Waals surface area contributed by atoms with Crippen LogP contribution in [0.15, 0.2) is 65.6 Å². The standard InChI is InChI=1S/C26H27NO2S/c1-6-27-19(4)25(21-9-7-8-10-22(21)27)26-23(30(5,28)29)16-13-18(3)24(26)20-14-11-17(2)12-15-20/h7-16H,6H2,1-5H3. The zero-order chi connectivity index (χ0) is 21.6. The molecule has 154 valence electrons. The highest BCUT2D eigenvalue weighted by molar-refractivity contribution is 7.90. The molecule has 0 amide bonds. The van der Waals surface area contributed by atoms with Crippen LogP contribution in [0.5, 0.6) is 0 Å². The molecule has 3 aromatic carbocycles. The minimum absolute atomic E-state index is 0.380. The average molecular weight is 418 g/mol. The van der Waals surface area contributed by atoms with Crippen molar-refractivity contribution in [1.82, 2.24) is 4.57 Å². The third-order valence-electron chi connectivity index (χ3n) is 5.91. The van der Waals surface area contributed by atoms with E-state index in [-0.39, 0.29) is 0 Å². The van der Waals surface area contributed by atoms with Gasteiger partial charge in [0.2, 0.25) is 0 Å².